The number of amides is 1. The van der Waals surface area contributed by atoms with Crippen molar-refractivity contribution in [1.29, 1.82) is 0 Å². The van der Waals surface area contributed by atoms with Gasteiger partial charge in [-0.25, -0.2) is 0 Å². The number of carbonyl (C=O) groups is 1. The van der Waals surface area contributed by atoms with E-state index in [0.29, 0.717) is 23.0 Å². The quantitative estimate of drug-likeness (QED) is 0.694. The van der Waals surface area contributed by atoms with Crippen LogP contribution in [0.15, 0.2) is 18.2 Å². The fraction of sp³-hybridized carbons (Fsp3) is 0.364. The van der Waals surface area contributed by atoms with Crippen molar-refractivity contribution in [3.05, 3.63) is 23.2 Å². The van der Waals surface area contributed by atoms with Crippen molar-refractivity contribution in [3.8, 4) is 0 Å². The summed E-state index contributed by atoms with van der Waals surface area (Å²) < 4.78 is 0. The van der Waals surface area contributed by atoms with Gasteiger partial charge in [-0.3, -0.25) is 4.79 Å². The van der Waals surface area contributed by atoms with Crippen molar-refractivity contribution in [2.45, 2.75) is 19.3 Å². The van der Waals surface area contributed by atoms with Crippen LogP contribution in [0, 0.1) is 5.92 Å². The average Bonchev–Trinajstić information content (AvgIpc) is 3.00. The third-order valence-corrected chi connectivity index (χ3v) is 2.97. The summed E-state index contributed by atoms with van der Waals surface area (Å²) >= 11 is 5.81. The molecule has 0 unspecified atom stereocenters. The van der Waals surface area contributed by atoms with Crippen LogP contribution in [0.3, 0.4) is 0 Å². The number of nitrogens with one attached hydrogen (secondary N) is 1. The number of halogens is 1. The second-order valence-corrected chi connectivity index (χ2v) is 4.74. The molecule has 0 atom stereocenters. The molecule has 0 heterocycles. The predicted octanol–water partition coefficient (Wildman–Crippen LogP) is 0.758. The lowest BCUT2D eigenvalue weighted by Gasteiger charge is -2.10. The zero-order valence-electron chi connectivity index (χ0n) is 9.19. The van der Waals surface area contributed by atoms with E-state index >= 15 is 0 Å². The number of hydrogen-bond acceptors (Lipinski definition) is 3. The zero-order chi connectivity index (χ0) is 12.4. The Morgan fingerprint density at radius 1 is 1.47 bits per heavy atom. The van der Waals surface area contributed by atoms with Crippen LogP contribution in [0.5, 0.6) is 0 Å². The summed E-state index contributed by atoms with van der Waals surface area (Å²) in [5, 5.41) is 21.4. The second-order valence-electron chi connectivity index (χ2n) is 4.30. The lowest BCUT2D eigenvalue weighted by molar-refractivity contribution is -0.116. The maximum absolute atomic E-state index is 11.6. The Hall–Kier alpha value is -1.04. The van der Waals surface area contributed by atoms with Gasteiger partial charge in [-0.1, -0.05) is 17.7 Å². The maximum Gasteiger partial charge on any atom is 0.490 e. The van der Waals surface area contributed by atoms with Crippen LogP contribution in [-0.2, 0) is 4.79 Å². The molecule has 1 saturated carbocycles. The Bertz CT molecular complexity index is 435. The molecular formula is C11H13BClNO3. The van der Waals surface area contributed by atoms with Crippen molar-refractivity contribution in [3.63, 3.8) is 0 Å². The zero-order valence-corrected chi connectivity index (χ0v) is 9.94. The molecule has 3 N–H and O–H groups in total. The normalized spacial score (nSPS) is 14.5. The summed E-state index contributed by atoms with van der Waals surface area (Å²) in [6.07, 6.45) is 2.67. The van der Waals surface area contributed by atoms with E-state index in [9.17, 15) is 4.79 Å². The van der Waals surface area contributed by atoms with E-state index in [1.165, 1.54) is 12.1 Å². The maximum atomic E-state index is 11.6. The molecule has 1 aliphatic carbocycles. The fourth-order valence-electron chi connectivity index (χ4n) is 1.65. The molecule has 6 heteroatoms. The van der Waals surface area contributed by atoms with Crippen LogP contribution in [0.25, 0.3) is 0 Å². The molecule has 1 aromatic carbocycles. The molecule has 0 radical (unpaired) electrons. The van der Waals surface area contributed by atoms with Crippen molar-refractivity contribution in [2.24, 2.45) is 5.92 Å². The molecule has 17 heavy (non-hydrogen) atoms. The van der Waals surface area contributed by atoms with Crippen molar-refractivity contribution < 1.29 is 14.8 Å². The molecule has 1 amide bonds. The topological polar surface area (TPSA) is 69.6 Å². The Kier molecular flexibility index (Phi) is 3.71. The minimum absolute atomic E-state index is 0.114. The standard InChI is InChI=1S/C11H13BClNO3/c13-8-3-4-9(12(16)17)10(6-8)14-11(15)5-7-1-2-7/h3-4,6-7,16-17H,1-2,5H2,(H,14,15). The summed E-state index contributed by atoms with van der Waals surface area (Å²) in [4.78, 5) is 11.6. The third-order valence-electron chi connectivity index (χ3n) is 2.74. The highest BCUT2D eigenvalue weighted by molar-refractivity contribution is 6.61. The van der Waals surface area contributed by atoms with Gasteiger partial charge >= 0.3 is 7.12 Å². The van der Waals surface area contributed by atoms with Gasteiger partial charge in [0.15, 0.2) is 0 Å². The first-order valence-corrected chi connectivity index (χ1v) is 5.89. The van der Waals surface area contributed by atoms with Gasteiger partial charge in [0.1, 0.15) is 0 Å². The Balaban J connectivity index is 2.11. The first-order valence-electron chi connectivity index (χ1n) is 5.51. The van der Waals surface area contributed by atoms with Crippen LogP contribution in [0.1, 0.15) is 19.3 Å². The van der Waals surface area contributed by atoms with Crippen molar-refractivity contribution >= 4 is 35.8 Å². The summed E-state index contributed by atoms with van der Waals surface area (Å²) in [5.74, 6) is 0.369. The van der Waals surface area contributed by atoms with Crippen LogP contribution in [-0.4, -0.2) is 23.1 Å². The molecule has 0 saturated heterocycles. The molecule has 2 rings (SSSR count). The van der Waals surface area contributed by atoms with Gasteiger partial charge in [0.2, 0.25) is 5.91 Å². The molecule has 0 spiro atoms. The summed E-state index contributed by atoms with van der Waals surface area (Å²) in [7, 11) is -1.62. The van der Waals surface area contributed by atoms with Crippen molar-refractivity contribution in [1.82, 2.24) is 0 Å². The molecule has 4 nitrogen and oxygen atoms in total. The molecule has 90 valence electrons. The van der Waals surface area contributed by atoms with Gasteiger partial charge in [0, 0.05) is 22.6 Å². The smallest absolute Gasteiger partial charge is 0.423 e. The van der Waals surface area contributed by atoms with Crippen LogP contribution in [0.4, 0.5) is 5.69 Å². The van der Waals surface area contributed by atoms with Gasteiger partial charge in [-0.15, -0.1) is 0 Å². The highest BCUT2D eigenvalue weighted by atomic mass is 35.5. The molecule has 1 aromatic rings. The molecule has 0 aliphatic heterocycles. The number of carbonyl (C=O) groups excluding carboxylic acids is 1. The molecule has 0 aromatic heterocycles. The lowest BCUT2D eigenvalue weighted by Crippen LogP contribution is -2.33. The van der Waals surface area contributed by atoms with E-state index in [-0.39, 0.29) is 11.4 Å². The summed E-state index contributed by atoms with van der Waals surface area (Å²) in [6, 6.07) is 4.55. The summed E-state index contributed by atoms with van der Waals surface area (Å²) in [5.41, 5.74) is 0.608. The minimum Gasteiger partial charge on any atom is -0.423 e. The summed E-state index contributed by atoms with van der Waals surface area (Å²) in [6.45, 7) is 0. The molecule has 1 aliphatic rings. The number of anilines is 1. The first kappa shape index (κ1) is 12.4. The van der Waals surface area contributed by atoms with E-state index < -0.39 is 7.12 Å². The predicted molar refractivity (Wildman–Crippen MR) is 67.2 cm³/mol. The van der Waals surface area contributed by atoms with E-state index in [2.05, 4.69) is 5.32 Å². The Labute approximate surface area is 105 Å². The molecular weight excluding hydrogens is 240 g/mol. The average molecular weight is 253 g/mol. The van der Waals surface area contributed by atoms with E-state index in [1.54, 1.807) is 6.07 Å². The van der Waals surface area contributed by atoms with Gasteiger partial charge in [-0.2, -0.15) is 0 Å². The Morgan fingerprint density at radius 2 is 2.18 bits per heavy atom. The van der Waals surface area contributed by atoms with Gasteiger partial charge in [0.05, 0.1) is 0 Å². The minimum atomic E-state index is -1.62. The van der Waals surface area contributed by atoms with E-state index in [0.717, 1.165) is 12.8 Å². The first-order chi connectivity index (χ1) is 8.06. The van der Waals surface area contributed by atoms with Crippen molar-refractivity contribution in [2.75, 3.05) is 5.32 Å². The van der Waals surface area contributed by atoms with E-state index in [1.807, 2.05) is 0 Å². The van der Waals surface area contributed by atoms with Gasteiger partial charge in [0.25, 0.3) is 0 Å². The second kappa shape index (κ2) is 5.08. The van der Waals surface area contributed by atoms with Crippen LogP contribution < -0.4 is 10.8 Å². The molecule has 1 fully saturated rings. The van der Waals surface area contributed by atoms with Crippen LogP contribution >= 0.6 is 11.6 Å². The van der Waals surface area contributed by atoms with Crippen LogP contribution in [0.2, 0.25) is 5.02 Å². The van der Waals surface area contributed by atoms with Gasteiger partial charge in [-0.05, 0) is 30.9 Å². The number of rotatable bonds is 4. The number of hydrogen-bond donors (Lipinski definition) is 3. The highest BCUT2D eigenvalue weighted by Crippen LogP contribution is 2.32. The highest BCUT2D eigenvalue weighted by Gasteiger charge is 2.25. The fourth-order valence-corrected chi connectivity index (χ4v) is 1.82. The van der Waals surface area contributed by atoms with Gasteiger partial charge < -0.3 is 15.4 Å². The monoisotopic (exact) mass is 253 g/mol. The largest absolute Gasteiger partial charge is 0.490 e. The third kappa shape index (κ3) is 3.46. The van der Waals surface area contributed by atoms with E-state index in [4.69, 9.17) is 21.6 Å². The Morgan fingerprint density at radius 3 is 2.76 bits per heavy atom. The molecule has 0 bridgehead atoms. The SMILES string of the molecule is O=C(CC1CC1)Nc1cc(Cl)ccc1B(O)O. The number of benzene rings is 1. The lowest BCUT2D eigenvalue weighted by atomic mass is 9.79.